The lowest BCUT2D eigenvalue weighted by Crippen LogP contribution is -2.57. The van der Waals surface area contributed by atoms with E-state index in [0.717, 1.165) is 26.1 Å². The van der Waals surface area contributed by atoms with Gasteiger partial charge in [-0.2, -0.15) is 5.26 Å². The highest BCUT2D eigenvalue weighted by Crippen LogP contribution is 2.23. The maximum absolute atomic E-state index is 10.8. The van der Waals surface area contributed by atoms with E-state index in [1.54, 1.807) is 12.1 Å². The summed E-state index contributed by atoms with van der Waals surface area (Å²) in [6.45, 7) is 4.64. The Hall–Kier alpha value is -2.20. The predicted molar refractivity (Wildman–Crippen MR) is 69.9 cm³/mol. The van der Waals surface area contributed by atoms with Crippen LogP contribution < -0.4 is 10.2 Å². The van der Waals surface area contributed by atoms with E-state index in [-0.39, 0.29) is 11.4 Å². The van der Waals surface area contributed by atoms with Crippen LogP contribution in [0.15, 0.2) is 12.1 Å². The van der Waals surface area contributed by atoms with Crippen molar-refractivity contribution in [1.82, 2.24) is 10.3 Å². The summed E-state index contributed by atoms with van der Waals surface area (Å²) in [7, 11) is 0. The molecular weight excluding hydrogens is 246 g/mol. The molecule has 100 valence electrons. The molecule has 0 unspecified atom stereocenters. The standard InChI is InChI=1S/C12H15N5O2/c1-2-5-16(9-7-14-8-9)12-4-3-11(17(18)19)10(6-13)15-12/h3-4,9,14H,2,5,7-8H2,1H3. The lowest BCUT2D eigenvalue weighted by molar-refractivity contribution is -0.385. The summed E-state index contributed by atoms with van der Waals surface area (Å²) >= 11 is 0. The highest BCUT2D eigenvalue weighted by molar-refractivity contribution is 5.52. The summed E-state index contributed by atoms with van der Waals surface area (Å²) in [5.41, 5.74) is -0.370. The van der Waals surface area contributed by atoms with E-state index in [1.165, 1.54) is 6.07 Å². The Bertz CT molecular complexity index is 521. The third-order valence-corrected chi connectivity index (χ3v) is 3.12. The van der Waals surface area contributed by atoms with Gasteiger partial charge in [0.1, 0.15) is 11.9 Å². The molecule has 19 heavy (non-hydrogen) atoms. The van der Waals surface area contributed by atoms with Gasteiger partial charge in [-0.25, -0.2) is 4.98 Å². The molecule has 7 nitrogen and oxygen atoms in total. The fraction of sp³-hybridized carbons (Fsp3) is 0.500. The number of rotatable bonds is 5. The van der Waals surface area contributed by atoms with Crippen molar-refractivity contribution in [1.29, 1.82) is 5.26 Å². The Morgan fingerprint density at radius 1 is 1.63 bits per heavy atom. The van der Waals surface area contributed by atoms with Gasteiger partial charge in [0.05, 0.1) is 11.0 Å². The molecule has 0 saturated carbocycles. The topological polar surface area (TPSA) is 95.1 Å². The maximum atomic E-state index is 10.8. The van der Waals surface area contributed by atoms with E-state index in [0.29, 0.717) is 11.9 Å². The largest absolute Gasteiger partial charge is 0.351 e. The number of hydrogen-bond acceptors (Lipinski definition) is 6. The van der Waals surface area contributed by atoms with Gasteiger partial charge >= 0.3 is 5.69 Å². The second kappa shape index (κ2) is 5.63. The summed E-state index contributed by atoms with van der Waals surface area (Å²) < 4.78 is 0. The molecule has 1 saturated heterocycles. The average molecular weight is 261 g/mol. The van der Waals surface area contributed by atoms with Gasteiger partial charge in [-0.05, 0) is 12.5 Å². The molecule has 0 radical (unpaired) electrons. The van der Waals surface area contributed by atoms with Gasteiger partial charge in [0, 0.05) is 25.7 Å². The number of anilines is 1. The number of aromatic nitrogens is 1. The molecule has 0 spiro atoms. The van der Waals surface area contributed by atoms with Crippen LogP contribution in [0.5, 0.6) is 0 Å². The molecular formula is C12H15N5O2. The van der Waals surface area contributed by atoms with Crippen molar-refractivity contribution in [3.63, 3.8) is 0 Å². The van der Waals surface area contributed by atoms with Gasteiger partial charge in [-0.15, -0.1) is 0 Å². The minimum atomic E-state index is -0.579. The van der Waals surface area contributed by atoms with Gasteiger partial charge in [0.15, 0.2) is 0 Å². The van der Waals surface area contributed by atoms with Crippen LogP contribution in [-0.4, -0.2) is 35.6 Å². The predicted octanol–water partition coefficient (Wildman–Crippen LogP) is 1.05. The highest BCUT2D eigenvalue weighted by Gasteiger charge is 2.26. The van der Waals surface area contributed by atoms with E-state index in [4.69, 9.17) is 5.26 Å². The second-order valence-corrected chi connectivity index (χ2v) is 4.41. The van der Waals surface area contributed by atoms with E-state index >= 15 is 0 Å². The van der Waals surface area contributed by atoms with E-state index in [1.807, 2.05) is 0 Å². The molecule has 1 fully saturated rings. The van der Waals surface area contributed by atoms with Gasteiger partial charge in [-0.1, -0.05) is 6.92 Å². The first-order valence-corrected chi connectivity index (χ1v) is 6.20. The fourth-order valence-corrected chi connectivity index (χ4v) is 2.05. The molecule has 2 rings (SSSR count). The Morgan fingerprint density at radius 2 is 2.37 bits per heavy atom. The molecule has 0 atom stereocenters. The Balaban J connectivity index is 2.32. The van der Waals surface area contributed by atoms with Gasteiger partial charge in [-0.3, -0.25) is 10.1 Å². The zero-order valence-corrected chi connectivity index (χ0v) is 10.7. The fourth-order valence-electron chi connectivity index (χ4n) is 2.05. The molecule has 7 heteroatoms. The van der Waals surface area contributed by atoms with Crippen LogP contribution in [0.4, 0.5) is 11.5 Å². The monoisotopic (exact) mass is 261 g/mol. The highest BCUT2D eigenvalue weighted by atomic mass is 16.6. The van der Waals surface area contributed by atoms with Crippen molar-refractivity contribution in [2.75, 3.05) is 24.5 Å². The molecule has 0 aromatic carbocycles. The SMILES string of the molecule is CCCN(c1ccc([N+](=O)[O-])c(C#N)n1)C1CNC1. The lowest BCUT2D eigenvalue weighted by Gasteiger charge is -2.39. The van der Waals surface area contributed by atoms with Crippen molar-refractivity contribution < 1.29 is 4.92 Å². The van der Waals surface area contributed by atoms with Gasteiger partial charge in [0.25, 0.3) is 0 Å². The smallest absolute Gasteiger partial charge is 0.305 e. The minimum Gasteiger partial charge on any atom is -0.351 e. The molecule has 1 aromatic rings. The van der Waals surface area contributed by atoms with Crippen molar-refractivity contribution in [2.45, 2.75) is 19.4 Å². The van der Waals surface area contributed by atoms with Crippen molar-refractivity contribution >= 4 is 11.5 Å². The number of nitrogens with zero attached hydrogens (tertiary/aromatic N) is 4. The van der Waals surface area contributed by atoms with Crippen LogP contribution in [0.25, 0.3) is 0 Å². The molecule has 2 heterocycles. The number of nitro groups is 1. The van der Waals surface area contributed by atoms with E-state index in [2.05, 4.69) is 22.1 Å². The van der Waals surface area contributed by atoms with Crippen LogP contribution in [0.3, 0.4) is 0 Å². The number of nitriles is 1. The normalized spacial score (nSPS) is 14.5. The van der Waals surface area contributed by atoms with Crippen molar-refractivity contribution in [3.8, 4) is 6.07 Å². The van der Waals surface area contributed by atoms with Crippen LogP contribution >= 0.6 is 0 Å². The van der Waals surface area contributed by atoms with Gasteiger partial charge in [0.2, 0.25) is 5.69 Å². The molecule has 0 bridgehead atoms. The number of pyridine rings is 1. The summed E-state index contributed by atoms with van der Waals surface area (Å²) in [5.74, 6) is 0.635. The van der Waals surface area contributed by atoms with Crippen molar-refractivity contribution in [2.24, 2.45) is 0 Å². The first-order chi connectivity index (χ1) is 9.17. The zero-order chi connectivity index (χ0) is 13.8. The molecule has 0 aliphatic carbocycles. The number of nitrogens with one attached hydrogen (secondary N) is 1. The minimum absolute atomic E-state index is 0.129. The maximum Gasteiger partial charge on any atom is 0.305 e. The third kappa shape index (κ3) is 2.63. The molecule has 1 aromatic heterocycles. The molecule has 1 N–H and O–H groups in total. The summed E-state index contributed by atoms with van der Waals surface area (Å²) in [6, 6.07) is 5.12. The van der Waals surface area contributed by atoms with E-state index < -0.39 is 4.92 Å². The Morgan fingerprint density at radius 3 is 2.84 bits per heavy atom. The van der Waals surface area contributed by atoms with Crippen LogP contribution in [0, 0.1) is 21.4 Å². The average Bonchev–Trinajstić information content (AvgIpc) is 2.35. The van der Waals surface area contributed by atoms with Gasteiger partial charge < -0.3 is 10.2 Å². The molecule has 1 aliphatic rings. The van der Waals surface area contributed by atoms with Crippen LogP contribution in [0.1, 0.15) is 19.0 Å². The molecule has 1 aliphatic heterocycles. The van der Waals surface area contributed by atoms with Crippen LogP contribution in [0.2, 0.25) is 0 Å². The van der Waals surface area contributed by atoms with Crippen molar-refractivity contribution in [3.05, 3.63) is 27.9 Å². The lowest BCUT2D eigenvalue weighted by atomic mass is 10.1. The zero-order valence-electron chi connectivity index (χ0n) is 10.7. The quantitative estimate of drug-likeness (QED) is 0.628. The Kier molecular flexibility index (Phi) is 3.92. The first kappa shape index (κ1) is 13.2. The first-order valence-electron chi connectivity index (χ1n) is 6.20. The summed E-state index contributed by atoms with van der Waals surface area (Å²) in [4.78, 5) is 16.4. The number of hydrogen-bond donors (Lipinski definition) is 1. The third-order valence-electron chi connectivity index (χ3n) is 3.12. The van der Waals surface area contributed by atoms with Crippen LogP contribution in [-0.2, 0) is 0 Å². The summed E-state index contributed by atoms with van der Waals surface area (Å²) in [5, 5.41) is 22.9. The summed E-state index contributed by atoms with van der Waals surface area (Å²) in [6.07, 6.45) is 0.955. The second-order valence-electron chi connectivity index (χ2n) is 4.41. The van der Waals surface area contributed by atoms with E-state index in [9.17, 15) is 10.1 Å². The molecule has 0 amide bonds. The Labute approximate surface area is 111 Å².